The van der Waals surface area contributed by atoms with Gasteiger partial charge in [-0.15, -0.1) is 0 Å². The van der Waals surface area contributed by atoms with Crippen molar-refractivity contribution in [2.75, 3.05) is 6.54 Å². The summed E-state index contributed by atoms with van der Waals surface area (Å²) in [5, 5.41) is 9.70. The highest BCUT2D eigenvalue weighted by Gasteiger charge is 2.39. The van der Waals surface area contributed by atoms with E-state index in [1.165, 1.54) is 18.2 Å². The summed E-state index contributed by atoms with van der Waals surface area (Å²) in [6.45, 7) is 1.84. The molecule has 2 aromatic carbocycles. The number of aryl methyl sites for hydroxylation is 1. The van der Waals surface area contributed by atoms with Crippen molar-refractivity contribution in [1.82, 2.24) is 0 Å². The van der Waals surface area contributed by atoms with Crippen molar-refractivity contribution in [3.63, 3.8) is 0 Å². The van der Waals surface area contributed by atoms with Crippen molar-refractivity contribution in [1.29, 1.82) is 0 Å². The maximum Gasteiger partial charge on any atom is 0.315 e. The lowest BCUT2D eigenvalue weighted by molar-refractivity contribution is -0.143. The van der Waals surface area contributed by atoms with Crippen molar-refractivity contribution in [3.05, 3.63) is 71.0 Å². The molecule has 0 bridgehead atoms. The molecular weight excluding hydrogens is 269 g/mol. The SMILES string of the molecule is Cc1cccc(CC(CN)(C(=O)O)c2cccc(F)c2)c1. The number of rotatable bonds is 5. The number of hydrogen-bond acceptors (Lipinski definition) is 2. The van der Waals surface area contributed by atoms with E-state index in [1.807, 2.05) is 31.2 Å². The number of nitrogens with two attached hydrogens (primary N) is 1. The van der Waals surface area contributed by atoms with E-state index in [2.05, 4.69) is 0 Å². The number of halogens is 1. The first-order chi connectivity index (χ1) is 9.98. The van der Waals surface area contributed by atoms with Gasteiger partial charge in [-0.25, -0.2) is 4.39 Å². The minimum atomic E-state index is -1.32. The molecule has 4 heteroatoms. The molecule has 2 aromatic rings. The van der Waals surface area contributed by atoms with Gasteiger partial charge in [-0.05, 0) is 36.6 Å². The standard InChI is InChI=1S/C17H18FNO2/c1-12-4-2-5-13(8-12)10-17(11-19,16(20)21)14-6-3-7-15(18)9-14/h2-9H,10-11,19H2,1H3,(H,20,21). The van der Waals surface area contributed by atoms with Gasteiger partial charge in [0, 0.05) is 6.54 Å². The largest absolute Gasteiger partial charge is 0.481 e. The zero-order chi connectivity index (χ0) is 15.5. The number of aliphatic carboxylic acids is 1. The number of carboxylic acid groups (broad SMARTS) is 1. The topological polar surface area (TPSA) is 63.3 Å². The molecule has 1 atom stereocenters. The lowest BCUT2D eigenvalue weighted by Gasteiger charge is -2.29. The molecule has 0 heterocycles. The Kier molecular flexibility index (Phi) is 4.38. The van der Waals surface area contributed by atoms with Crippen LogP contribution < -0.4 is 5.73 Å². The molecule has 3 N–H and O–H groups in total. The van der Waals surface area contributed by atoms with Gasteiger partial charge in [0.25, 0.3) is 0 Å². The van der Waals surface area contributed by atoms with E-state index in [9.17, 15) is 14.3 Å². The summed E-state index contributed by atoms with van der Waals surface area (Å²) in [4.78, 5) is 11.9. The van der Waals surface area contributed by atoms with Gasteiger partial charge in [-0.2, -0.15) is 0 Å². The first kappa shape index (κ1) is 15.2. The van der Waals surface area contributed by atoms with E-state index in [4.69, 9.17) is 5.73 Å². The Morgan fingerprint density at radius 2 is 1.95 bits per heavy atom. The number of carboxylic acids is 1. The zero-order valence-corrected chi connectivity index (χ0v) is 11.8. The molecule has 110 valence electrons. The molecule has 0 saturated carbocycles. The van der Waals surface area contributed by atoms with E-state index in [0.717, 1.165) is 11.1 Å². The van der Waals surface area contributed by atoms with Gasteiger partial charge in [0.2, 0.25) is 0 Å². The third-order valence-electron chi connectivity index (χ3n) is 3.72. The molecule has 2 rings (SSSR count). The highest BCUT2D eigenvalue weighted by atomic mass is 19.1. The van der Waals surface area contributed by atoms with Crippen LogP contribution in [0.3, 0.4) is 0 Å². The Hall–Kier alpha value is -2.20. The van der Waals surface area contributed by atoms with E-state index >= 15 is 0 Å². The van der Waals surface area contributed by atoms with Gasteiger partial charge in [0.1, 0.15) is 11.2 Å². The number of benzene rings is 2. The van der Waals surface area contributed by atoms with Crippen LogP contribution in [-0.2, 0) is 16.6 Å². The lowest BCUT2D eigenvalue weighted by atomic mass is 9.75. The maximum absolute atomic E-state index is 13.5. The molecule has 0 radical (unpaired) electrons. The summed E-state index contributed by atoms with van der Waals surface area (Å²) >= 11 is 0. The van der Waals surface area contributed by atoms with Gasteiger partial charge < -0.3 is 10.8 Å². The molecule has 0 aromatic heterocycles. The van der Waals surface area contributed by atoms with Crippen LogP contribution in [0.5, 0.6) is 0 Å². The predicted molar refractivity (Wildman–Crippen MR) is 79.7 cm³/mol. The first-order valence-electron chi connectivity index (χ1n) is 6.73. The third-order valence-corrected chi connectivity index (χ3v) is 3.72. The Morgan fingerprint density at radius 1 is 1.24 bits per heavy atom. The molecule has 3 nitrogen and oxygen atoms in total. The van der Waals surface area contributed by atoms with Crippen molar-refractivity contribution in [2.45, 2.75) is 18.8 Å². The summed E-state index contributed by atoms with van der Waals surface area (Å²) < 4.78 is 13.5. The van der Waals surface area contributed by atoms with Gasteiger partial charge in [0.05, 0.1) is 0 Å². The number of hydrogen-bond donors (Lipinski definition) is 2. The molecule has 0 aliphatic heterocycles. The molecule has 0 saturated heterocycles. The summed E-state index contributed by atoms with van der Waals surface area (Å²) in [7, 11) is 0. The van der Waals surface area contributed by atoms with Crippen LogP contribution in [0.1, 0.15) is 16.7 Å². The van der Waals surface area contributed by atoms with Crippen LogP contribution >= 0.6 is 0 Å². The summed E-state index contributed by atoms with van der Waals surface area (Å²) in [5.41, 5.74) is 6.75. The average Bonchev–Trinajstić information content (AvgIpc) is 2.44. The summed E-state index contributed by atoms with van der Waals surface area (Å²) in [6.07, 6.45) is 0.226. The van der Waals surface area contributed by atoms with Crippen molar-refractivity contribution in [2.24, 2.45) is 5.73 Å². The predicted octanol–water partition coefficient (Wildman–Crippen LogP) is 2.66. The summed E-state index contributed by atoms with van der Waals surface area (Å²) in [6, 6.07) is 13.3. The fourth-order valence-electron chi connectivity index (χ4n) is 2.54. The highest BCUT2D eigenvalue weighted by molar-refractivity contribution is 5.82. The van der Waals surface area contributed by atoms with Crippen LogP contribution in [0.2, 0.25) is 0 Å². The molecule has 21 heavy (non-hydrogen) atoms. The van der Waals surface area contributed by atoms with Crippen LogP contribution in [0.25, 0.3) is 0 Å². The van der Waals surface area contributed by atoms with Crippen LogP contribution in [-0.4, -0.2) is 17.6 Å². The lowest BCUT2D eigenvalue weighted by Crippen LogP contribution is -2.45. The van der Waals surface area contributed by atoms with E-state index in [1.54, 1.807) is 6.07 Å². The first-order valence-corrected chi connectivity index (χ1v) is 6.73. The molecule has 0 amide bonds. The summed E-state index contributed by atoms with van der Waals surface area (Å²) in [5.74, 6) is -1.51. The Labute approximate surface area is 123 Å². The monoisotopic (exact) mass is 287 g/mol. The second-order valence-corrected chi connectivity index (χ2v) is 5.27. The second kappa shape index (κ2) is 6.06. The van der Waals surface area contributed by atoms with Gasteiger partial charge in [-0.1, -0.05) is 42.0 Å². The smallest absolute Gasteiger partial charge is 0.315 e. The molecule has 0 aliphatic carbocycles. The average molecular weight is 287 g/mol. The van der Waals surface area contributed by atoms with Crippen molar-refractivity contribution < 1.29 is 14.3 Å². The van der Waals surface area contributed by atoms with E-state index in [-0.39, 0.29) is 13.0 Å². The van der Waals surface area contributed by atoms with E-state index in [0.29, 0.717) is 5.56 Å². The minimum Gasteiger partial charge on any atom is -0.481 e. The quantitative estimate of drug-likeness (QED) is 0.888. The number of carbonyl (C=O) groups is 1. The van der Waals surface area contributed by atoms with Gasteiger partial charge in [-0.3, -0.25) is 4.79 Å². The normalized spacial score (nSPS) is 13.7. The van der Waals surface area contributed by atoms with Crippen LogP contribution in [0.4, 0.5) is 4.39 Å². The van der Waals surface area contributed by atoms with E-state index < -0.39 is 17.2 Å². The molecule has 0 fully saturated rings. The van der Waals surface area contributed by atoms with Gasteiger partial charge in [0.15, 0.2) is 0 Å². The Bertz CT molecular complexity index is 657. The molecule has 1 unspecified atom stereocenters. The van der Waals surface area contributed by atoms with Crippen LogP contribution in [0, 0.1) is 12.7 Å². The van der Waals surface area contributed by atoms with Crippen molar-refractivity contribution in [3.8, 4) is 0 Å². The highest BCUT2D eigenvalue weighted by Crippen LogP contribution is 2.29. The van der Waals surface area contributed by atoms with Crippen molar-refractivity contribution >= 4 is 5.97 Å². The molecular formula is C17H18FNO2. The third kappa shape index (κ3) is 3.11. The fraction of sp³-hybridized carbons (Fsp3) is 0.235. The molecule has 0 spiro atoms. The Morgan fingerprint density at radius 3 is 2.52 bits per heavy atom. The maximum atomic E-state index is 13.5. The van der Waals surface area contributed by atoms with Gasteiger partial charge >= 0.3 is 5.97 Å². The zero-order valence-electron chi connectivity index (χ0n) is 11.8. The molecule has 0 aliphatic rings. The van der Waals surface area contributed by atoms with Crippen LogP contribution in [0.15, 0.2) is 48.5 Å². The Balaban J connectivity index is 2.49. The second-order valence-electron chi connectivity index (χ2n) is 5.27. The minimum absolute atomic E-state index is 0.0975. The fourth-order valence-corrected chi connectivity index (χ4v) is 2.54.